The van der Waals surface area contributed by atoms with Gasteiger partial charge in [0.05, 0.1) is 7.11 Å². The molecular weight excluding hydrogens is 304 g/mol. The van der Waals surface area contributed by atoms with Gasteiger partial charge in [-0.3, -0.25) is 0 Å². The molecule has 0 fully saturated rings. The third kappa shape index (κ3) is 3.38. The molecular formula is C15H19BrN2O. The van der Waals surface area contributed by atoms with Crippen LogP contribution in [0.5, 0.6) is 5.75 Å². The van der Waals surface area contributed by atoms with Gasteiger partial charge in [0.15, 0.2) is 0 Å². The highest BCUT2D eigenvalue weighted by Crippen LogP contribution is 2.22. The molecule has 1 heterocycles. The fourth-order valence-electron chi connectivity index (χ4n) is 2.21. The number of hydrogen-bond acceptors (Lipinski definition) is 2. The third-order valence-electron chi connectivity index (χ3n) is 3.24. The van der Waals surface area contributed by atoms with E-state index < -0.39 is 0 Å². The molecule has 0 aliphatic rings. The molecule has 1 N–H and O–H groups in total. The maximum atomic E-state index is 5.35. The number of hydrogen-bond donors (Lipinski definition) is 1. The summed E-state index contributed by atoms with van der Waals surface area (Å²) in [6.45, 7) is 4.12. The van der Waals surface area contributed by atoms with Crippen molar-refractivity contribution in [2.24, 2.45) is 0 Å². The van der Waals surface area contributed by atoms with Crippen LogP contribution in [-0.2, 0) is 19.3 Å². The molecule has 102 valence electrons. The zero-order valence-electron chi connectivity index (χ0n) is 11.6. The van der Waals surface area contributed by atoms with E-state index in [4.69, 9.17) is 4.74 Å². The van der Waals surface area contributed by atoms with Gasteiger partial charge in [0.2, 0.25) is 0 Å². The topological polar surface area (TPSA) is 37.9 Å². The molecule has 1 aromatic heterocycles. The lowest BCUT2D eigenvalue weighted by atomic mass is 10.0. The van der Waals surface area contributed by atoms with Gasteiger partial charge in [-0.25, -0.2) is 4.98 Å². The number of nitrogens with zero attached hydrogens (tertiary/aromatic N) is 1. The molecule has 3 nitrogen and oxygen atoms in total. The van der Waals surface area contributed by atoms with Gasteiger partial charge in [-0.15, -0.1) is 0 Å². The molecule has 0 radical (unpaired) electrons. The lowest BCUT2D eigenvalue weighted by molar-refractivity contribution is 0.410. The Morgan fingerprint density at radius 2 is 2.11 bits per heavy atom. The van der Waals surface area contributed by atoms with E-state index >= 15 is 0 Å². The number of methoxy groups -OCH3 is 1. The number of aryl methyl sites for hydroxylation is 4. The Labute approximate surface area is 122 Å². The van der Waals surface area contributed by atoms with Crippen molar-refractivity contribution in [2.75, 3.05) is 7.11 Å². The van der Waals surface area contributed by atoms with E-state index in [0.717, 1.165) is 41.1 Å². The van der Waals surface area contributed by atoms with Crippen molar-refractivity contribution < 1.29 is 4.74 Å². The molecule has 0 aliphatic carbocycles. The normalized spacial score (nSPS) is 10.7. The molecule has 0 amide bonds. The summed E-state index contributed by atoms with van der Waals surface area (Å²) in [4.78, 5) is 7.61. The number of aromatic nitrogens is 2. The molecule has 1 aromatic carbocycles. The SMILES string of the molecule is CCc1cc(CCc2[nH]c(C)nc2Br)ccc1OC. The zero-order valence-corrected chi connectivity index (χ0v) is 13.2. The highest BCUT2D eigenvalue weighted by Gasteiger charge is 2.07. The van der Waals surface area contributed by atoms with E-state index in [9.17, 15) is 0 Å². The largest absolute Gasteiger partial charge is 0.496 e. The smallest absolute Gasteiger partial charge is 0.127 e. The van der Waals surface area contributed by atoms with Gasteiger partial charge in [-0.2, -0.15) is 0 Å². The van der Waals surface area contributed by atoms with Crippen LogP contribution in [0, 0.1) is 6.92 Å². The number of benzene rings is 1. The summed E-state index contributed by atoms with van der Waals surface area (Å²) in [5, 5.41) is 0. The number of nitrogens with one attached hydrogen (secondary N) is 1. The average molecular weight is 323 g/mol. The van der Waals surface area contributed by atoms with Crippen molar-refractivity contribution in [1.29, 1.82) is 0 Å². The first-order valence-electron chi connectivity index (χ1n) is 6.50. The first-order valence-corrected chi connectivity index (χ1v) is 7.30. The van der Waals surface area contributed by atoms with Gasteiger partial charge in [0.25, 0.3) is 0 Å². The van der Waals surface area contributed by atoms with Crippen LogP contribution in [0.1, 0.15) is 29.6 Å². The second-order valence-corrected chi connectivity index (χ2v) is 5.34. The monoisotopic (exact) mass is 322 g/mol. The fourth-order valence-corrected chi connectivity index (χ4v) is 2.77. The predicted octanol–water partition coefficient (Wildman–Crippen LogP) is 3.84. The van der Waals surface area contributed by atoms with Crippen LogP contribution in [0.15, 0.2) is 22.8 Å². The van der Waals surface area contributed by atoms with Crippen molar-refractivity contribution >= 4 is 15.9 Å². The van der Waals surface area contributed by atoms with E-state index in [-0.39, 0.29) is 0 Å². The molecule has 0 unspecified atom stereocenters. The van der Waals surface area contributed by atoms with Crippen LogP contribution >= 0.6 is 15.9 Å². The van der Waals surface area contributed by atoms with Gasteiger partial charge in [0, 0.05) is 5.69 Å². The molecule has 0 atom stereocenters. The van der Waals surface area contributed by atoms with Crippen molar-refractivity contribution in [2.45, 2.75) is 33.1 Å². The van der Waals surface area contributed by atoms with Crippen molar-refractivity contribution in [3.8, 4) is 5.75 Å². The first kappa shape index (κ1) is 14.1. The van der Waals surface area contributed by atoms with Gasteiger partial charge in [-0.05, 0) is 59.3 Å². The summed E-state index contributed by atoms with van der Waals surface area (Å²) in [6.07, 6.45) is 2.94. The fraction of sp³-hybridized carbons (Fsp3) is 0.400. The van der Waals surface area contributed by atoms with Crippen molar-refractivity contribution in [3.63, 3.8) is 0 Å². The minimum absolute atomic E-state index is 0.925. The molecule has 0 bridgehead atoms. The molecule has 19 heavy (non-hydrogen) atoms. The lowest BCUT2D eigenvalue weighted by Crippen LogP contribution is -1.96. The van der Waals surface area contributed by atoms with Gasteiger partial charge >= 0.3 is 0 Å². The van der Waals surface area contributed by atoms with Crippen LogP contribution in [0.4, 0.5) is 0 Å². The Bertz CT molecular complexity index is 563. The maximum absolute atomic E-state index is 5.35. The second-order valence-electron chi connectivity index (χ2n) is 4.59. The van der Waals surface area contributed by atoms with Crippen LogP contribution in [0.2, 0.25) is 0 Å². The highest BCUT2D eigenvalue weighted by molar-refractivity contribution is 9.10. The molecule has 2 aromatic rings. The molecule has 4 heteroatoms. The Kier molecular flexibility index (Phi) is 4.64. The van der Waals surface area contributed by atoms with Gasteiger partial charge in [0.1, 0.15) is 16.2 Å². The van der Waals surface area contributed by atoms with Gasteiger partial charge < -0.3 is 9.72 Å². The van der Waals surface area contributed by atoms with E-state index in [1.54, 1.807) is 7.11 Å². The number of halogens is 1. The van der Waals surface area contributed by atoms with Crippen molar-refractivity contribution in [3.05, 3.63) is 45.4 Å². The molecule has 2 rings (SSSR count). The molecule has 0 saturated carbocycles. The minimum Gasteiger partial charge on any atom is -0.496 e. The summed E-state index contributed by atoms with van der Waals surface area (Å²) in [5.74, 6) is 1.93. The summed E-state index contributed by atoms with van der Waals surface area (Å²) >= 11 is 3.48. The number of H-pyrrole nitrogens is 1. The average Bonchev–Trinajstić information content (AvgIpc) is 2.74. The minimum atomic E-state index is 0.925. The Hall–Kier alpha value is -1.29. The Morgan fingerprint density at radius 3 is 2.68 bits per heavy atom. The number of ether oxygens (including phenoxy) is 1. The van der Waals surface area contributed by atoms with Crippen molar-refractivity contribution in [1.82, 2.24) is 9.97 Å². The molecule has 0 aliphatic heterocycles. The van der Waals surface area contributed by atoms with E-state index in [1.165, 1.54) is 11.1 Å². The lowest BCUT2D eigenvalue weighted by Gasteiger charge is -2.09. The molecule has 0 saturated heterocycles. The summed E-state index contributed by atoms with van der Waals surface area (Å²) in [5.41, 5.74) is 3.75. The summed E-state index contributed by atoms with van der Waals surface area (Å²) in [7, 11) is 1.72. The quantitative estimate of drug-likeness (QED) is 0.908. The molecule has 0 spiro atoms. The summed E-state index contributed by atoms with van der Waals surface area (Å²) in [6, 6.07) is 6.42. The van der Waals surface area contributed by atoms with E-state index in [2.05, 4.69) is 51.0 Å². The van der Waals surface area contributed by atoms with E-state index in [1.807, 2.05) is 6.92 Å². The number of aromatic amines is 1. The van der Waals surface area contributed by atoms with Crippen LogP contribution < -0.4 is 4.74 Å². The third-order valence-corrected chi connectivity index (χ3v) is 3.89. The second kappa shape index (κ2) is 6.24. The highest BCUT2D eigenvalue weighted by atomic mass is 79.9. The van der Waals surface area contributed by atoms with Gasteiger partial charge in [-0.1, -0.05) is 19.1 Å². The number of imidazole rings is 1. The number of rotatable bonds is 5. The van der Waals surface area contributed by atoms with Crippen LogP contribution in [0.3, 0.4) is 0 Å². The Morgan fingerprint density at radius 1 is 1.32 bits per heavy atom. The zero-order chi connectivity index (χ0) is 13.8. The standard InChI is InChI=1S/C15H19BrN2O/c1-4-12-9-11(6-8-14(12)19-3)5-7-13-15(16)18-10(2)17-13/h6,8-9H,4-5,7H2,1-3H3,(H,17,18). The maximum Gasteiger partial charge on any atom is 0.127 e. The van der Waals surface area contributed by atoms with Crippen LogP contribution in [-0.4, -0.2) is 17.1 Å². The summed E-state index contributed by atoms with van der Waals surface area (Å²) < 4.78 is 6.28. The van der Waals surface area contributed by atoms with E-state index in [0.29, 0.717) is 0 Å². The Balaban J connectivity index is 2.09. The van der Waals surface area contributed by atoms with Crippen LogP contribution in [0.25, 0.3) is 0 Å². The predicted molar refractivity (Wildman–Crippen MR) is 80.8 cm³/mol. The first-order chi connectivity index (χ1) is 9.13.